The smallest absolute Gasteiger partial charge is 0.0558 e. The third-order valence-electron chi connectivity index (χ3n) is 6.05. The molecule has 4 rings (SSSR count). The number of aliphatic hydroxyl groups excluding tert-OH is 1. The van der Waals surface area contributed by atoms with E-state index in [9.17, 15) is 5.11 Å². The molecule has 0 amide bonds. The van der Waals surface area contributed by atoms with Gasteiger partial charge in [0.25, 0.3) is 0 Å². The topological polar surface area (TPSA) is 35.5 Å². The van der Waals surface area contributed by atoms with Gasteiger partial charge in [-0.1, -0.05) is 24.3 Å². The Balaban J connectivity index is 1.50. The molecule has 1 aromatic heterocycles. The minimum absolute atomic E-state index is 0.272. The molecule has 1 spiro atoms. The predicted octanol–water partition coefficient (Wildman–Crippen LogP) is 3.62. The van der Waals surface area contributed by atoms with Crippen LogP contribution in [0.1, 0.15) is 46.2 Å². The van der Waals surface area contributed by atoms with E-state index in [0.717, 1.165) is 26.2 Å². The summed E-state index contributed by atoms with van der Waals surface area (Å²) < 4.78 is 0. The van der Waals surface area contributed by atoms with E-state index in [-0.39, 0.29) is 6.61 Å². The first kappa shape index (κ1) is 17.2. The fourth-order valence-corrected chi connectivity index (χ4v) is 5.54. The Morgan fingerprint density at radius 3 is 2.72 bits per heavy atom. The van der Waals surface area contributed by atoms with E-state index in [1.54, 1.807) is 5.56 Å². The standard InChI is InChI=1S/C21H28N2OS/c1-16-6-7-17(25-16)15-22-20-14-21(19-5-3-2-4-18(19)20)8-10-23(11-9-21)12-13-24/h2-7,20,22,24H,8-15H2,1H3/t20-/m0/s1. The van der Waals surface area contributed by atoms with E-state index in [4.69, 9.17) is 0 Å². The fraction of sp³-hybridized carbons (Fsp3) is 0.524. The van der Waals surface area contributed by atoms with Crippen molar-refractivity contribution in [3.05, 3.63) is 57.3 Å². The number of fused-ring (bicyclic) bond motifs is 2. The van der Waals surface area contributed by atoms with E-state index >= 15 is 0 Å². The zero-order chi connectivity index (χ0) is 17.3. The Kier molecular flexibility index (Phi) is 4.96. The lowest BCUT2D eigenvalue weighted by Crippen LogP contribution is -2.42. The molecule has 2 N–H and O–H groups in total. The first-order chi connectivity index (χ1) is 12.2. The van der Waals surface area contributed by atoms with Crippen molar-refractivity contribution in [2.45, 2.75) is 44.2 Å². The molecule has 1 atom stereocenters. The summed E-state index contributed by atoms with van der Waals surface area (Å²) in [7, 11) is 0. The van der Waals surface area contributed by atoms with Crippen LogP contribution in [0.15, 0.2) is 36.4 Å². The van der Waals surface area contributed by atoms with Gasteiger partial charge in [0, 0.05) is 28.9 Å². The SMILES string of the molecule is Cc1ccc(CN[C@H]2CC3(CCN(CCO)CC3)c3ccccc32)s1. The number of aliphatic hydroxyl groups is 1. The van der Waals surface area contributed by atoms with Crippen LogP contribution in [-0.4, -0.2) is 36.2 Å². The van der Waals surface area contributed by atoms with Crippen LogP contribution >= 0.6 is 11.3 Å². The lowest BCUT2D eigenvalue weighted by molar-refractivity contribution is 0.127. The predicted molar refractivity (Wildman–Crippen MR) is 104 cm³/mol. The molecule has 3 nitrogen and oxygen atoms in total. The van der Waals surface area contributed by atoms with Gasteiger partial charge in [0.15, 0.2) is 0 Å². The van der Waals surface area contributed by atoms with Crippen LogP contribution in [0.5, 0.6) is 0 Å². The number of β-amino-alcohol motifs (C(OH)–C–C–N with tert-alkyl or cyclic N) is 1. The van der Waals surface area contributed by atoms with Gasteiger partial charge in [0.2, 0.25) is 0 Å². The Hall–Kier alpha value is -1.20. The van der Waals surface area contributed by atoms with Crippen LogP contribution in [0.3, 0.4) is 0 Å². The highest BCUT2D eigenvalue weighted by molar-refractivity contribution is 7.11. The number of benzene rings is 1. The quantitative estimate of drug-likeness (QED) is 0.859. The van der Waals surface area contributed by atoms with E-state index in [1.165, 1.54) is 34.6 Å². The Morgan fingerprint density at radius 2 is 2.00 bits per heavy atom. The van der Waals surface area contributed by atoms with Crippen molar-refractivity contribution >= 4 is 11.3 Å². The molecule has 1 aromatic carbocycles. The van der Waals surface area contributed by atoms with Gasteiger partial charge in [-0.15, -0.1) is 11.3 Å². The summed E-state index contributed by atoms with van der Waals surface area (Å²) in [6.45, 7) is 6.43. The number of thiophene rings is 1. The maximum absolute atomic E-state index is 9.20. The van der Waals surface area contributed by atoms with E-state index in [2.05, 4.69) is 53.5 Å². The first-order valence-electron chi connectivity index (χ1n) is 9.41. The number of nitrogens with one attached hydrogen (secondary N) is 1. The molecule has 1 aliphatic heterocycles. The van der Waals surface area contributed by atoms with Crippen molar-refractivity contribution < 1.29 is 5.11 Å². The van der Waals surface area contributed by atoms with Gasteiger partial charge >= 0.3 is 0 Å². The van der Waals surface area contributed by atoms with Crippen LogP contribution in [0.25, 0.3) is 0 Å². The summed E-state index contributed by atoms with van der Waals surface area (Å²) in [6.07, 6.45) is 3.63. The molecule has 0 saturated carbocycles. The minimum Gasteiger partial charge on any atom is -0.395 e. The third kappa shape index (κ3) is 3.41. The third-order valence-corrected chi connectivity index (χ3v) is 7.05. The summed E-state index contributed by atoms with van der Waals surface area (Å²) in [5, 5.41) is 13.0. The second kappa shape index (κ2) is 7.20. The molecule has 1 saturated heterocycles. The average Bonchev–Trinajstić information content (AvgIpc) is 3.18. The molecule has 4 heteroatoms. The van der Waals surface area contributed by atoms with Gasteiger partial charge in [-0.25, -0.2) is 0 Å². The minimum atomic E-state index is 0.272. The summed E-state index contributed by atoms with van der Waals surface area (Å²) in [5.74, 6) is 0. The molecule has 0 bridgehead atoms. The van der Waals surface area contributed by atoms with Crippen molar-refractivity contribution in [1.82, 2.24) is 10.2 Å². The number of aryl methyl sites for hydroxylation is 1. The molecule has 0 unspecified atom stereocenters. The maximum atomic E-state index is 9.20. The number of piperidine rings is 1. The first-order valence-corrected chi connectivity index (χ1v) is 10.2. The van der Waals surface area contributed by atoms with Gasteiger partial charge in [-0.3, -0.25) is 0 Å². The summed E-state index contributed by atoms with van der Waals surface area (Å²) in [6, 6.07) is 14.0. The molecule has 2 heterocycles. The van der Waals surface area contributed by atoms with Crippen LogP contribution < -0.4 is 5.32 Å². The second-order valence-electron chi connectivity index (χ2n) is 7.58. The van der Waals surface area contributed by atoms with Gasteiger partial charge in [-0.05, 0) is 68.0 Å². The zero-order valence-electron chi connectivity index (χ0n) is 15.0. The highest BCUT2D eigenvalue weighted by atomic mass is 32.1. The van der Waals surface area contributed by atoms with Crippen molar-refractivity contribution in [3.8, 4) is 0 Å². The lowest BCUT2D eigenvalue weighted by atomic mass is 9.73. The highest BCUT2D eigenvalue weighted by Gasteiger charge is 2.44. The number of rotatable bonds is 5. The monoisotopic (exact) mass is 356 g/mol. The fourth-order valence-electron chi connectivity index (χ4n) is 4.70. The molecule has 1 aliphatic carbocycles. The van der Waals surface area contributed by atoms with Crippen molar-refractivity contribution in [3.63, 3.8) is 0 Å². The van der Waals surface area contributed by atoms with Crippen LogP contribution in [0.2, 0.25) is 0 Å². The number of hydrogen-bond acceptors (Lipinski definition) is 4. The van der Waals surface area contributed by atoms with Crippen molar-refractivity contribution in [1.29, 1.82) is 0 Å². The highest BCUT2D eigenvalue weighted by Crippen LogP contribution is 2.50. The lowest BCUT2D eigenvalue weighted by Gasteiger charge is -2.40. The normalized spacial score (nSPS) is 22.4. The van der Waals surface area contributed by atoms with Crippen LogP contribution in [0, 0.1) is 6.92 Å². The van der Waals surface area contributed by atoms with Crippen LogP contribution in [-0.2, 0) is 12.0 Å². The number of likely N-dealkylation sites (tertiary alicyclic amines) is 1. The van der Waals surface area contributed by atoms with Crippen molar-refractivity contribution in [2.75, 3.05) is 26.2 Å². The summed E-state index contributed by atoms with van der Waals surface area (Å²) in [5.41, 5.74) is 3.40. The Labute approximate surface area is 154 Å². The second-order valence-corrected chi connectivity index (χ2v) is 8.96. The van der Waals surface area contributed by atoms with E-state index < -0.39 is 0 Å². The van der Waals surface area contributed by atoms with E-state index in [0.29, 0.717) is 11.5 Å². The molecule has 25 heavy (non-hydrogen) atoms. The largest absolute Gasteiger partial charge is 0.395 e. The summed E-state index contributed by atoms with van der Waals surface area (Å²) >= 11 is 1.89. The molecular weight excluding hydrogens is 328 g/mol. The zero-order valence-corrected chi connectivity index (χ0v) is 15.8. The molecular formula is C21H28N2OS. The molecule has 2 aliphatic rings. The van der Waals surface area contributed by atoms with Crippen molar-refractivity contribution in [2.24, 2.45) is 0 Å². The average molecular weight is 357 g/mol. The molecule has 0 radical (unpaired) electrons. The van der Waals surface area contributed by atoms with Gasteiger partial charge in [0.1, 0.15) is 0 Å². The molecule has 1 fully saturated rings. The van der Waals surface area contributed by atoms with Crippen LogP contribution in [0.4, 0.5) is 0 Å². The summed E-state index contributed by atoms with van der Waals surface area (Å²) in [4.78, 5) is 5.22. The number of nitrogens with zero attached hydrogens (tertiary/aromatic N) is 1. The molecule has 2 aromatic rings. The number of hydrogen-bond donors (Lipinski definition) is 2. The van der Waals surface area contributed by atoms with Gasteiger partial charge < -0.3 is 15.3 Å². The van der Waals surface area contributed by atoms with E-state index in [1.807, 2.05) is 11.3 Å². The van der Waals surface area contributed by atoms with Gasteiger partial charge in [-0.2, -0.15) is 0 Å². The molecule has 134 valence electrons. The Morgan fingerprint density at radius 1 is 1.20 bits per heavy atom. The Bertz CT molecular complexity index is 718. The maximum Gasteiger partial charge on any atom is 0.0558 e. The van der Waals surface area contributed by atoms with Gasteiger partial charge in [0.05, 0.1) is 6.61 Å².